The third kappa shape index (κ3) is 4.57. The van der Waals surface area contributed by atoms with Crippen molar-refractivity contribution in [3.63, 3.8) is 0 Å². The van der Waals surface area contributed by atoms with Gasteiger partial charge in [0.05, 0.1) is 23.8 Å². The lowest BCUT2D eigenvalue weighted by atomic mass is 9.97. The maximum atomic E-state index is 12.3. The molecule has 9 nitrogen and oxygen atoms in total. The number of nitro groups is 1. The molecule has 2 N–H and O–H groups in total. The second-order valence-corrected chi connectivity index (χ2v) is 7.32. The van der Waals surface area contributed by atoms with E-state index in [4.69, 9.17) is 0 Å². The van der Waals surface area contributed by atoms with Gasteiger partial charge in [-0.15, -0.1) is 0 Å². The average Bonchev–Trinajstić information content (AvgIpc) is 2.69. The summed E-state index contributed by atoms with van der Waals surface area (Å²) < 4.78 is 1.52. The second kappa shape index (κ2) is 8.98. The van der Waals surface area contributed by atoms with Gasteiger partial charge in [0.2, 0.25) is 5.91 Å². The van der Waals surface area contributed by atoms with E-state index in [1.54, 1.807) is 6.07 Å². The smallest absolute Gasteiger partial charge is 0.348 e. The molecule has 0 fully saturated rings. The van der Waals surface area contributed by atoms with Crippen LogP contribution in [-0.2, 0) is 24.2 Å². The molecule has 1 heterocycles. The SMILES string of the molecule is O=C(CSc1nc(=O)n(CCO)c2c1CCCC2)Nc1cccc([N+](=O)[O-])c1. The topological polar surface area (TPSA) is 127 Å². The quantitative estimate of drug-likeness (QED) is 0.311. The van der Waals surface area contributed by atoms with Crippen LogP contribution < -0.4 is 11.0 Å². The summed E-state index contributed by atoms with van der Waals surface area (Å²) in [7, 11) is 0. The van der Waals surface area contributed by atoms with Gasteiger partial charge in [-0.1, -0.05) is 17.8 Å². The molecule has 1 aromatic heterocycles. The fraction of sp³-hybridized carbons (Fsp3) is 0.389. The average molecular weight is 404 g/mol. The summed E-state index contributed by atoms with van der Waals surface area (Å²) in [5.74, 6) is -0.303. The summed E-state index contributed by atoms with van der Waals surface area (Å²) in [5.41, 5.74) is 1.67. The van der Waals surface area contributed by atoms with Gasteiger partial charge in [0.25, 0.3) is 5.69 Å². The zero-order valence-electron chi connectivity index (χ0n) is 15.1. The van der Waals surface area contributed by atoms with Crippen molar-refractivity contribution in [2.45, 2.75) is 37.3 Å². The summed E-state index contributed by atoms with van der Waals surface area (Å²) in [4.78, 5) is 39.0. The number of anilines is 1. The van der Waals surface area contributed by atoms with Crippen LogP contribution in [0, 0.1) is 10.1 Å². The number of benzene rings is 1. The number of aliphatic hydroxyl groups is 1. The number of carbonyl (C=O) groups is 1. The van der Waals surface area contributed by atoms with E-state index in [1.807, 2.05) is 0 Å². The molecule has 0 spiro atoms. The largest absolute Gasteiger partial charge is 0.395 e. The third-order valence-corrected chi connectivity index (χ3v) is 5.47. The second-order valence-electron chi connectivity index (χ2n) is 6.35. The zero-order chi connectivity index (χ0) is 20.1. The van der Waals surface area contributed by atoms with E-state index in [0.717, 1.165) is 36.9 Å². The van der Waals surface area contributed by atoms with Crippen LogP contribution in [0.3, 0.4) is 0 Å². The monoisotopic (exact) mass is 404 g/mol. The molecule has 1 amide bonds. The van der Waals surface area contributed by atoms with Crippen LogP contribution in [0.25, 0.3) is 0 Å². The Labute approximate surface area is 164 Å². The van der Waals surface area contributed by atoms with E-state index < -0.39 is 10.6 Å². The van der Waals surface area contributed by atoms with Crippen LogP contribution in [0.15, 0.2) is 34.1 Å². The Kier molecular flexibility index (Phi) is 6.42. The number of nitro benzene ring substituents is 1. The number of fused-ring (bicyclic) bond motifs is 1. The number of nitrogens with one attached hydrogen (secondary N) is 1. The van der Waals surface area contributed by atoms with Gasteiger partial charge in [-0.2, -0.15) is 4.98 Å². The Morgan fingerprint density at radius 3 is 2.89 bits per heavy atom. The molecule has 1 aromatic carbocycles. The van der Waals surface area contributed by atoms with Crippen molar-refractivity contribution < 1.29 is 14.8 Å². The summed E-state index contributed by atoms with van der Waals surface area (Å²) in [5, 5.41) is 23.2. The highest BCUT2D eigenvalue weighted by molar-refractivity contribution is 8.00. The van der Waals surface area contributed by atoms with Crippen LogP contribution in [0.1, 0.15) is 24.1 Å². The van der Waals surface area contributed by atoms with Crippen LogP contribution in [0.5, 0.6) is 0 Å². The minimum atomic E-state index is -0.526. The van der Waals surface area contributed by atoms with Gasteiger partial charge < -0.3 is 10.4 Å². The molecule has 0 aliphatic heterocycles. The van der Waals surface area contributed by atoms with E-state index in [2.05, 4.69) is 10.3 Å². The molecule has 2 aromatic rings. The number of carbonyl (C=O) groups excluding carboxylic acids is 1. The van der Waals surface area contributed by atoms with Crippen molar-refractivity contribution in [2.75, 3.05) is 17.7 Å². The molecule has 148 valence electrons. The minimum absolute atomic E-state index is 0.0333. The van der Waals surface area contributed by atoms with E-state index in [0.29, 0.717) is 10.7 Å². The first-order chi connectivity index (χ1) is 13.5. The Balaban J connectivity index is 1.73. The predicted octanol–water partition coefficient (Wildman–Crippen LogP) is 1.75. The molecule has 0 radical (unpaired) electrons. The highest BCUT2D eigenvalue weighted by Gasteiger charge is 2.21. The molecule has 0 saturated heterocycles. The molecule has 0 atom stereocenters. The number of non-ortho nitro benzene ring substituents is 1. The van der Waals surface area contributed by atoms with Gasteiger partial charge in [-0.05, 0) is 31.7 Å². The van der Waals surface area contributed by atoms with Crippen molar-refractivity contribution in [2.24, 2.45) is 0 Å². The Bertz CT molecular complexity index is 959. The summed E-state index contributed by atoms with van der Waals surface area (Å²) in [6.45, 7) is 0.0819. The van der Waals surface area contributed by atoms with Crippen LogP contribution in [0.4, 0.5) is 11.4 Å². The van der Waals surface area contributed by atoms with Gasteiger partial charge >= 0.3 is 5.69 Å². The lowest BCUT2D eigenvalue weighted by molar-refractivity contribution is -0.384. The molecule has 0 unspecified atom stereocenters. The molecule has 3 rings (SSSR count). The Morgan fingerprint density at radius 1 is 1.36 bits per heavy atom. The molecule has 1 aliphatic carbocycles. The number of rotatable bonds is 7. The van der Waals surface area contributed by atoms with Crippen molar-refractivity contribution >= 4 is 29.0 Å². The number of hydrogen-bond acceptors (Lipinski definition) is 7. The first-order valence-corrected chi connectivity index (χ1v) is 9.88. The van der Waals surface area contributed by atoms with E-state index in [1.165, 1.54) is 34.5 Å². The van der Waals surface area contributed by atoms with Crippen molar-refractivity contribution in [3.8, 4) is 0 Å². The standard InChI is InChI=1S/C18H20N4O5S/c23-9-8-21-15-7-2-1-6-14(15)17(20-18(21)25)28-11-16(24)19-12-4-3-5-13(10-12)22(26)27/h3-5,10,23H,1-2,6-9,11H2,(H,19,24). The van der Waals surface area contributed by atoms with E-state index in [9.17, 15) is 24.8 Å². The molecule has 10 heteroatoms. The van der Waals surface area contributed by atoms with Gasteiger partial charge in [-0.3, -0.25) is 19.5 Å². The van der Waals surface area contributed by atoms with Crippen LogP contribution >= 0.6 is 11.8 Å². The maximum Gasteiger partial charge on any atom is 0.348 e. The van der Waals surface area contributed by atoms with Crippen LogP contribution in [-0.4, -0.2) is 37.8 Å². The highest BCUT2D eigenvalue weighted by Crippen LogP contribution is 2.28. The lowest BCUT2D eigenvalue weighted by Crippen LogP contribution is -2.31. The maximum absolute atomic E-state index is 12.3. The number of aliphatic hydroxyl groups excluding tert-OH is 1. The Morgan fingerprint density at radius 2 is 2.14 bits per heavy atom. The molecule has 28 heavy (non-hydrogen) atoms. The molecule has 0 saturated carbocycles. The minimum Gasteiger partial charge on any atom is -0.395 e. The fourth-order valence-electron chi connectivity index (χ4n) is 3.23. The van der Waals surface area contributed by atoms with Crippen molar-refractivity contribution in [1.29, 1.82) is 0 Å². The number of amides is 1. The summed E-state index contributed by atoms with van der Waals surface area (Å²) in [6.07, 6.45) is 3.49. The van der Waals surface area contributed by atoms with E-state index in [-0.39, 0.29) is 30.5 Å². The van der Waals surface area contributed by atoms with Crippen molar-refractivity contribution in [3.05, 3.63) is 56.1 Å². The molecule has 0 bridgehead atoms. The number of thioether (sulfide) groups is 1. The van der Waals surface area contributed by atoms with Crippen molar-refractivity contribution in [1.82, 2.24) is 9.55 Å². The fourth-order valence-corrected chi connectivity index (χ4v) is 4.10. The first kappa shape index (κ1) is 20.0. The van der Waals surface area contributed by atoms with E-state index >= 15 is 0 Å². The highest BCUT2D eigenvalue weighted by atomic mass is 32.2. The normalized spacial score (nSPS) is 13.0. The predicted molar refractivity (Wildman–Crippen MR) is 105 cm³/mol. The summed E-state index contributed by atoms with van der Waals surface area (Å²) in [6, 6.07) is 5.71. The first-order valence-electron chi connectivity index (χ1n) is 8.90. The third-order valence-electron chi connectivity index (χ3n) is 4.46. The number of aromatic nitrogens is 2. The number of hydrogen-bond donors (Lipinski definition) is 2. The van der Waals surface area contributed by atoms with Gasteiger partial charge in [0.1, 0.15) is 5.03 Å². The lowest BCUT2D eigenvalue weighted by Gasteiger charge is -2.22. The summed E-state index contributed by atoms with van der Waals surface area (Å²) >= 11 is 1.18. The van der Waals surface area contributed by atoms with Crippen LogP contribution in [0.2, 0.25) is 0 Å². The van der Waals surface area contributed by atoms with Gasteiger partial charge in [0, 0.05) is 29.1 Å². The van der Waals surface area contributed by atoms with Gasteiger partial charge in [-0.25, -0.2) is 4.79 Å². The molecule has 1 aliphatic rings. The van der Waals surface area contributed by atoms with Gasteiger partial charge in [0.15, 0.2) is 0 Å². The molecular formula is C18H20N4O5S. The zero-order valence-corrected chi connectivity index (χ0v) is 15.9. The number of nitrogens with zero attached hydrogens (tertiary/aromatic N) is 3. The molecular weight excluding hydrogens is 384 g/mol. The Hall–Kier alpha value is -2.72.